The molecule has 1 heterocycles. The van der Waals surface area contributed by atoms with Crippen LogP contribution in [-0.4, -0.2) is 18.6 Å². The summed E-state index contributed by atoms with van der Waals surface area (Å²) in [4.78, 5) is 25.2. The molecule has 1 aliphatic carbocycles. The number of amides is 1. The largest absolute Gasteiger partial charge is 0.484 e. The van der Waals surface area contributed by atoms with Crippen LogP contribution in [0.15, 0.2) is 57.9 Å². The Morgan fingerprint density at radius 2 is 1.94 bits per heavy atom. The summed E-state index contributed by atoms with van der Waals surface area (Å²) < 4.78 is 24.4. The number of carbonyl (C=O) groups is 1. The van der Waals surface area contributed by atoms with Crippen LogP contribution >= 0.6 is 0 Å². The second-order valence-corrected chi connectivity index (χ2v) is 8.37. The molecule has 31 heavy (non-hydrogen) atoms. The van der Waals surface area contributed by atoms with Gasteiger partial charge in [-0.05, 0) is 48.1 Å². The van der Waals surface area contributed by atoms with Crippen LogP contribution in [0.3, 0.4) is 0 Å². The molecule has 1 saturated carbocycles. The lowest BCUT2D eigenvalue weighted by Crippen LogP contribution is -2.45. The topological polar surface area (TPSA) is 68.5 Å². The maximum atomic E-state index is 13.2. The number of hydrogen-bond acceptors (Lipinski definition) is 4. The Labute approximate surface area is 180 Å². The van der Waals surface area contributed by atoms with Crippen molar-refractivity contribution in [2.45, 2.75) is 39.2 Å². The SMILES string of the molecule is C[C@H]1[C@@H](NC(=O)COc2ccc3c(=O)c(-c4ccc(F)cc4)coc3c2)CCC[C@@H]1C. The third-order valence-electron chi connectivity index (χ3n) is 6.32. The average Bonchev–Trinajstić information content (AvgIpc) is 2.76. The van der Waals surface area contributed by atoms with E-state index < -0.39 is 0 Å². The molecule has 1 aromatic heterocycles. The predicted octanol–water partition coefficient (Wildman–Crippen LogP) is 4.92. The van der Waals surface area contributed by atoms with E-state index in [1.807, 2.05) is 0 Å². The molecule has 2 aromatic carbocycles. The van der Waals surface area contributed by atoms with Crippen LogP contribution < -0.4 is 15.5 Å². The smallest absolute Gasteiger partial charge is 0.258 e. The van der Waals surface area contributed by atoms with Gasteiger partial charge in [0.15, 0.2) is 12.0 Å². The van der Waals surface area contributed by atoms with E-state index in [2.05, 4.69) is 19.2 Å². The number of carbonyl (C=O) groups excluding carboxylic acids is 1. The highest BCUT2D eigenvalue weighted by Gasteiger charge is 2.28. The van der Waals surface area contributed by atoms with Crippen LogP contribution in [-0.2, 0) is 4.79 Å². The second-order valence-electron chi connectivity index (χ2n) is 8.37. The Balaban J connectivity index is 1.44. The maximum absolute atomic E-state index is 13.2. The number of hydrogen-bond donors (Lipinski definition) is 1. The first-order valence-corrected chi connectivity index (χ1v) is 10.7. The van der Waals surface area contributed by atoms with Crippen molar-refractivity contribution in [3.8, 4) is 16.9 Å². The Kier molecular flexibility index (Phi) is 6.07. The third-order valence-corrected chi connectivity index (χ3v) is 6.32. The molecule has 0 bridgehead atoms. The lowest BCUT2D eigenvalue weighted by Gasteiger charge is -2.34. The quantitative estimate of drug-likeness (QED) is 0.633. The van der Waals surface area contributed by atoms with Crippen molar-refractivity contribution in [1.82, 2.24) is 5.32 Å². The number of benzene rings is 2. The van der Waals surface area contributed by atoms with E-state index in [0.717, 1.165) is 12.8 Å². The number of fused-ring (bicyclic) bond motifs is 1. The van der Waals surface area contributed by atoms with Crippen molar-refractivity contribution >= 4 is 16.9 Å². The van der Waals surface area contributed by atoms with E-state index in [1.54, 1.807) is 18.2 Å². The molecule has 3 atom stereocenters. The standard InChI is InChI=1S/C25H26FNO4/c1-15-4-3-5-22(16(15)2)27-24(28)14-30-19-10-11-20-23(12-19)31-13-21(25(20)29)17-6-8-18(26)9-7-17/h6-13,15-16,22H,3-5,14H2,1-2H3,(H,27,28)/t15-,16+,22-/m0/s1. The van der Waals surface area contributed by atoms with Gasteiger partial charge in [0.05, 0.1) is 10.9 Å². The molecule has 0 radical (unpaired) electrons. The molecular weight excluding hydrogens is 397 g/mol. The van der Waals surface area contributed by atoms with Crippen LogP contribution in [0.2, 0.25) is 0 Å². The molecule has 3 aromatic rings. The van der Waals surface area contributed by atoms with Crippen LogP contribution in [0.5, 0.6) is 5.75 Å². The fourth-order valence-electron chi connectivity index (χ4n) is 4.21. The van der Waals surface area contributed by atoms with Crippen molar-refractivity contribution < 1.29 is 18.3 Å². The maximum Gasteiger partial charge on any atom is 0.258 e. The molecule has 0 unspecified atom stereocenters. The molecule has 0 aliphatic heterocycles. The minimum absolute atomic E-state index is 0.0962. The molecular formula is C25H26FNO4. The first-order valence-electron chi connectivity index (χ1n) is 10.7. The fraction of sp³-hybridized carbons (Fsp3) is 0.360. The average molecular weight is 423 g/mol. The molecule has 6 heteroatoms. The van der Waals surface area contributed by atoms with E-state index in [9.17, 15) is 14.0 Å². The van der Waals surface area contributed by atoms with Gasteiger partial charge in [0, 0.05) is 12.1 Å². The molecule has 0 spiro atoms. The van der Waals surface area contributed by atoms with Crippen LogP contribution in [0.25, 0.3) is 22.1 Å². The summed E-state index contributed by atoms with van der Waals surface area (Å²) in [6.07, 6.45) is 4.69. The Bertz CT molecular complexity index is 1140. The summed E-state index contributed by atoms with van der Waals surface area (Å²) in [6, 6.07) is 10.7. The Morgan fingerprint density at radius 3 is 2.71 bits per heavy atom. The molecule has 162 valence electrons. The minimum Gasteiger partial charge on any atom is -0.484 e. The van der Waals surface area contributed by atoms with Gasteiger partial charge < -0.3 is 14.5 Å². The van der Waals surface area contributed by atoms with E-state index in [4.69, 9.17) is 9.15 Å². The molecule has 1 N–H and O–H groups in total. The molecule has 1 fully saturated rings. The number of halogens is 1. The van der Waals surface area contributed by atoms with Gasteiger partial charge in [-0.15, -0.1) is 0 Å². The molecule has 0 saturated heterocycles. The number of ether oxygens (including phenoxy) is 1. The van der Waals surface area contributed by atoms with Gasteiger partial charge in [0.2, 0.25) is 0 Å². The third kappa shape index (κ3) is 4.63. The van der Waals surface area contributed by atoms with Crippen molar-refractivity contribution in [3.63, 3.8) is 0 Å². The highest BCUT2D eigenvalue weighted by molar-refractivity contribution is 5.83. The van der Waals surface area contributed by atoms with Crippen molar-refractivity contribution in [3.05, 3.63) is 64.8 Å². The minimum atomic E-state index is -0.368. The number of nitrogens with one attached hydrogen (secondary N) is 1. The van der Waals surface area contributed by atoms with Crippen LogP contribution in [0.4, 0.5) is 4.39 Å². The molecule has 1 aliphatic rings. The first-order chi connectivity index (χ1) is 14.9. The summed E-state index contributed by atoms with van der Waals surface area (Å²) in [7, 11) is 0. The van der Waals surface area contributed by atoms with E-state index >= 15 is 0 Å². The molecule has 4 rings (SSSR count). The van der Waals surface area contributed by atoms with Gasteiger partial charge in [-0.3, -0.25) is 9.59 Å². The first kappa shape index (κ1) is 21.1. The summed E-state index contributed by atoms with van der Waals surface area (Å²) in [6.45, 7) is 4.31. The summed E-state index contributed by atoms with van der Waals surface area (Å²) >= 11 is 0. The van der Waals surface area contributed by atoms with E-state index in [1.165, 1.54) is 36.9 Å². The Hall–Kier alpha value is -3.15. The fourth-order valence-corrected chi connectivity index (χ4v) is 4.21. The van der Waals surface area contributed by atoms with Crippen LogP contribution in [0.1, 0.15) is 33.1 Å². The zero-order valence-corrected chi connectivity index (χ0v) is 17.7. The number of rotatable bonds is 5. The van der Waals surface area contributed by atoms with E-state index in [-0.39, 0.29) is 29.8 Å². The van der Waals surface area contributed by atoms with Crippen molar-refractivity contribution in [2.24, 2.45) is 11.8 Å². The highest BCUT2D eigenvalue weighted by atomic mass is 19.1. The predicted molar refractivity (Wildman–Crippen MR) is 117 cm³/mol. The van der Waals surface area contributed by atoms with Crippen LogP contribution in [0, 0.1) is 17.7 Å². The van der Waals surface area contributed by atoms with E-state index in [0.29, 0.717) is 39.7 Å². The lowest BCUT2D eigenvalue weighted by atomic mass is 9.78. The van der Waals surface area contributed by atoms with Gasteiger partial charge >= 0.3 is 0 Å². The summed E-state index contributed by atoms with van der Waals surface area (Å²) in [5, 5.41) is 3.47. The van der Waals surface area contributed by atoms with Gasteiger partial charge in [-0.1, -0.05) is 38.8 Å². The van der Waals surface area contributed by atoms with Gasteiger partial charge in [0.1, 0.15) is 23.4 Å². The normalized spacial score (nSPS) is 21.1. The van der Waals surface area contributed by atoms with Gasteiger partial charge in [-0.25, -0.2) is 4.39 Å². The molecule has 1 amide bonds. The summed E-state index contributed by atoms with van der Waals surface area (Å²) in [5.41, 5.74) is 1.10. The van der Waals surface area contributed by atoms with Crippen molar-refractivity contribution in [2.75, 3.05) is 6.61 Å². The van der Waals surface area contributed by atoms with Gasteiger partial charge in [-0.2, -0.15) is 0 Å². The Morgan fingerprint density at radius 1 is 1.16 bits per heavy atom. The van der Waals surface area contributed by atoms with Gasteiger partial charge in [0.25, 0.3) is 5.91 Å². The zero-order chi connectivity index (χ0) is 22.0. The summed E-state index contributed by atoms with van der Waals surface area (Å²) in [5.74, 6) is 0.975. The van der Waals surface area contributed by atoms with Crippen molar-refractivity contribution in [1.29, 1.82) is 0 Å². The zero-order valence-electron chi connectivity index (χ0n) is 17.7. The highest BCUT2D eigenvalue weighted by Crippen LogP contribution is 2.29. The molecule has 5 nitrogen and oxygen atoms in total. The second kappa shape index (κ2) is 8.92. The lowest BCUT2D eigenvalue weighted by molar-refractivity contribution is -0.124. The monoisotopic (exact) mass is 423 g/mol.